The van der Waals surface area contributed by atoms with Crippen molar-refractivity contribution in [1.82, 2.24) is 0 Å². The molecule has 18 heavy (non-hydrogen) atoms. The number of ketones is 2. The van der Waals surface area contributed by atoms with Gasteiger partial charge >= 0.3 is 5.97 Å². The van der Waals surface area contributed by atoms with E-state index in [2.05, 4.69) is 11.3 Å². The minimum atomic E-state index is -1.04. The van der Waals surface area contributed by atoms with Crippen molar-refractivity contribution in [1.29, 1.82) is 0 Å². The lowest BCUT2D eigenvalue weighted by Crippen LogP contribution is -2.23. The fourth-order valence-corrected chi connectivity index (χ4v) is 1.60. The highest BCUT2D eigenvalue weighted by Gasteiger charge is 2.42. The summed E-state index contributed by atoms with van der Waals surface area (Å²) in [7, 11) is 0. The number of hydrogen-bond donors (Lipinski definition) is 0. The Hall–Kier alpha value is -2.30. The first-order chi connectivity index (χ1) is 8.51. The maximum absolute atomic E-state index is 11.7. The van der Waals surface area contributed by atoms with Crippen LogP contribution in [-0.4, -0.2) is 23.8 Å². The summed E-state index contributed by atoms with van der Waals surface area (Å²) in [5.74, 6) is -3.80. The van der Waals surface area contributed by atoms with Crippen LogP contribution in [0.4, 0.5) is 0 Å². The molecule has 0 bridgehead atoms. The van der Waals surface area contributed by atoms with Gasteiger partial charge in [0.05, 0.1) is 0 Å². The van der Waals surface area contributed by atoms with E-state index in [0.29, 0.717) is 0 Å². The summed E-state index contributed by atoms with van der Waals surface area (Å²) in [5, 5.41) is 0. The molecule has 0 spiro atoms. The van der Waals surface area contributed by atoms with Gasteiger partial charge < -0.3 is 4.74 Å². The normalized spacial score (nSPS) is 21.6. The van der Waals surface area contributed by atoms with Crippen LogP contribution in [0.5, 0.6) is 0 Å². The Morgan fingerprint density at radius 2 is 2.06 bits per heavy atom. The standard InChI is InChI=1S/C13H12O5/c1-3-4-9(5-6-10(15)7-14)11-12(16)8(2)18-13(11)17/h3-7,9,11H,2H2,1H3/b4-3+,6-5-/t9-,11?/m0/s1. The summed E-state index contributed by atoms with van der Waals surface area (Å²) < 4.78 is 4.64. The number of allylic oxidation sites excluding steroid dienone is 5. The summed E-state index contributed by atoms with van der Waals surface area (Å²) in [6.07, 6.45) is 5.73. The van der Waals surface area contributed by atoms with E-state index in [1.54, 1.807) is 19.1 Å². The first kappa shape index (κ1) is 13.8. The van der Waals surface area contributed by atoms with Gasteiger partial charge in [-0.05, 0) is 13.0 Å². The van der Waals surface area contributed by atoms with Crippen molar-refractivity contribution >= 4 is 23.8 Å². The monoisotopic (exact) mass is 248 g/mol. The second-order valence-electron chi connectivity index (χ2n) is 3.67. The number of rotatable bonds is 5. The molecule has 0 aromatic carbocycles. The molecule has 1 unspecified atom stereocenters. The molecular weight excluding hydrogens is 236 g/mol. The number of Topliss-reactive ketones (excluding diaryl/α,β-unsaturated/α-hetero) is 1. The number of aldehydes is 1. The van der Waals surface area contributed by atoms with E-state index in [9.17, 15) is 19.2 Å². The van der Waals surface area contributed by atoms with Gasteiger partial charge in [-0.1, -0.05) is 24.8 Å². The SMILES string of the molecule is C=C1OC(=O)C([C@H](/C=C\C(=O)C=O)/C=C/C)C1=O. The number of hydrogen-bond acceptors (Lipinski definition) is 5. The number of esters is 1. The van der Waals surface area contributed by atoms with Crippen molar-refractivity contribution in [3.05, 3.63) is 36.6 Å². The molecule has 1 aliphatic heterocycles. The average molecular weight is 248 g/mol. The van der Waals surface area contributed by atoms with Crippen LogP contribution in [0.15, 0.2) is 36.6 Å². The number of ether oxygens (including phenoxy) is 1. The molecular formula is C13H12O5. The first-order valence-corrected chi connectivity index (χ1v) is 5.26. The van der Waals surface area contributed by atoms with Gasteiger partial charge in [-0.15, -0.1) is 0 Å². The van der Waals surface area contributed by atoms with Crippen LogP contribution in [0.3, 0.4) is 0 Å². The van der Waals surface area contributed by atoms with Crippen LogP contribution in [0.25, 0.3) is 0 Å². The van der Waals surface area contributed by atoms with Gasteiger partial charge in [-0.3, -0.25) is 19.2 Å². The third-order valence-electron chi connectivity index (χ3n) is 2.43. The van der Waals surface area contributed by atoms with E-state index in [1.165, 1.54) is 6.08 Å². The third kappa shape index (κ3) is 2.88. The van der Waals surface area contributed by atoms with Gasteiger partial charge in [0, 0.05) is 5.92 Å². The summed E-state index contributed by atoms with van der Waals surface area (Å²) in [6, 6.07) is 0. The Balaban J connectivity index is 2.99. The molecule has 0 amide bonds. The highest BCUT2D eigenvalue weighted by Crippen LogP contribution is 2.28. The molecule has 5 nitrogen and oxygen atoms in total. The zero-order chi connectivity index (χ0) is 13.7. The number of carbonyl (C=O) groups is 4. The van der Waals surface area contributed by atoms with E-state index < -0.39 is 29.4 Å². The zero-order valence-electron chi connectivity index (χ0n) is 9.79. The van der Waals surface area contributed by atoms with E-state index in [-0.39, 0.29) is 12.0 Å². The molecule has 0 aromatic heterocycles. The lowest BCUT2D eigenvalue weighted by atomic mass is 9.88. The van der Waals surface area contributed by atoms with Crippen molar-refractivity contribution in [2.75, 3.05) is 0 Å². The van der Waals surface area contributed by atoms with Crippen molar-refractivity contribution in [3.8, 4) is 0 Å². The molecule has 1 rings (SSSR count). The second kappa shape index (κ2) is 5.86. The Bertz CT molecular complexity index is 470. The van der Waals surface area contributed by atoms with Crippen LogP contribution in [0.1, 0.15) is 6.92 Å². The molecule has 0 aromatic rings. The summed E-state index contributed by atoms with van der Waals surface area (Å²) in [6.45, 7) is 5.04. The zero-order valence-corrected chi connectivity index (χ0v) is 9.79. The predicted octanol–water partition coefficient (Wildman–Crippen LogP) is 0.759. The molecule has 5 heteroatoms. The van der Waals surface area contributed by atoms with Crippen molar-refractivity contribution in [2.24, 2.45) is 11.8 Å². The van der Waals surface area contributed by atoms with Gasteiger partial charge in [0.1, 0.15) is 5.92 Å². The Labute approximate surface area is 104 Å². The molecule has 1 heterocycles. The average Bonchev–Trinajstić information content (AvgIpc) is 2.59. The van der Waals surface area contributed by atoms with Gasteiger partial charge in [0.25, 0.3) is 0 Å². The lowest BCUT2D eigenvalue weighted by Gasteiger charge is -2.10. The molecule has 1 saturated heterocycles. The van der Waals surface area contributed by atoms with Gasteiger partial charge in [-0.2, -0.15) is 0 Å². The number of carbonyl (C=O) groups excluding carboxylic acids is 4. The summed E-state index contributed by atoms with van der Waals surface area (Å²) >= 11 is 0. The summed E-state index contributed by atoms with van der Waals surface area (Å²) in [4.78, 5) is 44.2. The van der Waals surface area contributed by atoms with Crippen LogP contribution in [-0.2, 0) is 23.9 Å². The Morgan fingerprint density at radius 3 is 2.50 bits per heavy atom. The number of cyclic esters (lactones) is 1. The molecule has 0 radical (unpaired) electrons. The van der Waals surface area contributed by atoms with Gasteiger partial charge in [-0.25, -0.2) is 0 Å². The van der Waals surface area contributed by atoms with E-state index in [0.717, 1.165) is 6.08 Å². The van der Waals surface area contributed by atoms with E-state index in [4.69, 9.17) is 0 Å². The molecule has 0 saturated carbocycles. The molecule has 94 valence electrons. The molecule has 2 atom stereocenters. The highest BCUT2D eigenvalue weighted by atomic mass is 16.5. The van der Waals surface area contributed by atoms with Crippen LogP contribution in [0, 0.1) is 11.8 Å². The minimum Gasteiger partial charge on any atom is -0.423 e. The topological polar surface area (TPSA) is 77.5 Å². The van der Waals surface area contributed by atoms with E-state index >= 15 is 0 Å². The molecule has 1 aliphatic rings. The maximum atomic E-state index is 11.7. The first-order valence-electron chi connectivity index (χ1n) is 5.26. The largest absolute Gasteiger partial charge is 0.423 e. The minimum absolute atomic E-state index is 0.150. The van der Waals surface area contributed by atoms with Crippen LogP contribution < -0.4 is 0 Å². The van der Waals surface area contributed by atoms with Crippen molar-refractivity contribution < 1.29 is 23.9 Å². The van der Waals surface area contributed by atoms with Crippen molar-refractivity contribution in [3.63, 3.8) is 0 Å². The summed E-state index contributed by atoms with van der Waals surface area (Å²) in [5.41, 5.74) is 0. The Kier molecular flexibility index (Phi) is 4.48. The van der Waals surface area contributed by atoms with Gasteiger partial charge in [0.15, 0.2) is 12.0 Å². The molecule has 0 N–H and O–H groups in total. The fourth-order valence-electron chi connectivity index (χ4n) is 1.60. The highest BCUT2D eigenvalue weighted by molar-refractivity contribution is 6.30. The third-order valence-corrected chi connectivity index (χ3v) is 2.43. The van der Waals surface area contributed by atoms with Crippen LogP contribution >= 0.6 is 0 Å². The fraction of sp³-hybridized carbons (Fsp3) is 0.231. The quantitative estimate of drug-likeness (QED) is 0.179. The predicted molar refractivity (Wildman–Crippen MR) is 62.2 cm³/mol. The Morgan fingerprint density at radius 1 is 1.39 bits per heavy atom. The molecule has 0 aliphatic carbocycles. The van der Waals surface area contributed by atoms with Crippen LogP contribution in [0.2, 0.25) is 0 Å². The van der Waals surface area contributed by atoms with Crippen molar-refractivity contribution in [2.45, 2.75) is 6.92 Å². The van der Waals surface area contributed by atoms with Gasteiger partial charge in [0.2, 0.25) is 11.6 Å². The second-order valence-corrected chi connectivity index (χ2v) is 3.67. The molecule has 1 fully saturated rings. The smallest absolute Gasteiger partial charge is 0.323 e. The lowest BCUT2D eigenvalue weighted by molar-refractivity contribution is -0.140. The van der Waals surface area contributed by atoms with E-state index in [1.807, 2.05) is 0 Å². The maximum Gasteiger partial charge on any atom is 0.323 e.